The highest BCUT2D eigenvalue weighted by Gasteiger charge is 2.23. The molecule has 0 unspecified atom stereocenters. The Bertz CT molecular complexity index is 864. The predicted molar refractivity (Wildman–Crippen MR) is 121 cm³/mol. The van der Waals surface area contributed by atoms with Gasteiger partial charge in [-0.1, -0.05) is 19.4 Å². The zero-order valence-electron chi connectivity index (χ0n) is 17.8. The molecule has 0 aliphatic carbocycles. The molecule has 1 aliphatic heterocycles. The number of halogens is 1. The first kappa shape index (κ1) is 21.7. The maximum Gasteiger partial charge on any atom is 0.272 e. The zero-order chi connectivity index (χ0) is 21.0. The number of hydrogen-bond donors (Lipinski definition) is 0. The summed E-state index contributed by atoms with van der Waals surface area (Å²) >= 11 is 3.71. The van der Waals surface area contributed by atoms with Gasteiger partial charge in [-0.15, -0.1) is 0 Å². The van der Waals surface area contributed by atoms with E-state index in [2.05, 4.69) is 69.9 Å². The molecule has 6 nitrogen and oxygen atoms in total. The second-order valence-corrected chi connectivity index (χ2v) is 8.42. The van der Waals surface area contributed by atoms with Gasteiger partial charge in [-0.25, -0.2) is 9.97 Å². The van der Waals surface area contributed by atoms with Gasteiger partial charge in [0.15, 0.2) is 0 Å². The number of benzene rings is 1. The lowest BCUT2D eigenvalue weighted by Gasteiger charge is -2.32. The lowest BCUT2D eigenvalue weighted by atomic mass is 10.1. The van der Waals surface area contributed by atoms with Crippen molar-refractivity contribution in [2.24, 2.45) is 0 Å². The summed E-state index contributed by atoms with van der Waals surface area (Å²) in [5.41, 5.74) is 3.57. The van der Waals surface area contributed by atoms with Crippen LogP contribution in [0.3, 0.4) is 0 Å². The molecule has 2 aromatic rings. The van der Waals surface area contributed by atoms with E-state index in [1.165, 1.54) is 5.56 Å². The number of aryl methyl sites for hydroxylation is 2. The molecule has 7 heteroatoms. The molecular formula is C22H30BrN5O. The van der Waals surface area contributed by atoms with Crippen LogP contribution in [0.2, 0.25) is 0 Å². The first-order valence-electron chi connectivity index (χ1n) is 10.3. The molecule has 2 heterocycles. The fourth-order valence-electron chi connectivity index (χ4n) is 3.59. The van der Waals surface area contributed by atoms with Crippen molar-refractivity contribution in [1.82, 2.24) is 19.8 Å². The molecule has 0 N–H and O–H groups in total. The van der Waals surface area contributed by atoms with E-state index in [-0.39, 0.29) is 5.91 Å². The molecule has 1 aromatic carbocycles. The molecule has 0 saturated carbocycles. The van der Waals surface area contributed by atoms with Gasteiger partial charge >= 0.3 is 0 Å². The third kappa shape index (κ3) is 5.14. The number of anilines is 2. The Balaban J connectivity index is 1.90. The second kappa shape index (κ2) is 9.67. The normalized spacial score (nSPS) is 14.9. The number of carbonyl (C=O) groups is 1. The van der Waals surface area contributed by atoms with E-state index in [4.69, 9.17) is 0 Å². The van der Waals surface area contributed by atoms with Crippen molar-refractivity contribution < 1.29 is 4.79 Å². The van der Waals surface area contributed by atoms with Gasteiger partial charge in [-0.3, -0.25) is 4.79 Å². The fourth-order valence-corrected chi connectivity index (χ4v) is 4.23. The summed E-state index contributed by atoms with van der Waals surface area (Å²) in [6, 6.07) is 8.20. The first-order valence-corrected chi connectivity index (χ1v) is 11.1. The Hall–Kier alpha value is -1.99. The summed E-state index contributed by atoms with van der Waals surface area (Å²) < 4.78 is 1.02. The molecule has 156 valence electrons. The Morgan fingerprint density at radius 1 is 1.14 bits per heavy atom. The number of hydrogen-bond acceptors (Lipinski definition) is 5. The van der Waals surface area contributed by atoms with Crippen LogP contribution in [0.5, 0.6) is 0 Å². The van der Waals surface area contributed by atoms with Crippen molar-refractivity contribution in [3.05, 3.63) is 45.7 Å². The summed E-state index contributed by atoms with van der Waals surface area (Å²) in [6.45, 7) is 10.1. The molecule has 29 heavy (non-hydrogen) atoms. The quantitative estimate of drug-likeness (QED) is 0.651. The molecule has 0 atom stereocenters. The lowest BCUT2D eigenvalue weighted by molar-refractivity contribution is 0.0658. The monoisotopic (exact) mass is 459 g/mol. The van der Waals surface area contributed by atoms with Gasteiger partial charge in [-0.05, 0) is 67.0 Å². The van der Waals surface area contributed by atoms with Crippen LogP contribution in [-0.4, -0.2) is 65.4 Å². The number of rotatable bonds is 6. The maximum atomic E-state index is 13.0. The van der Waals surface area contributed by atoms with E-state index < -0.39 is 0 Å². The zero-order valence-corrected chi connectivity index (χ0v) is 19.4. The Kier molecular flexibility index (Phi) is 7.24. The highest BCUT2D eigenvalue weighted by Crippen LogP contribution is 2.32. The lowest BCUT2D eigenvalue weighted by Crippen LogP contribution is -2.47. The van der Waals surface area contributed by atoms with Gasteiger partial charge in [0.05, 0.1) is 5.69 Å². The second-order valence-electron chi connectivity index (χ2n) is 7.57. The van der Waals surface area contributed by atoms with Gasteiger partial charge in [0.25, 0.3) is 5.91 Å². The topological polar surface area (TPSA) is 52.6 Å². The van der Waals surface area contributed by atoms with Gasteiger partial charge in [-0.2, -0.15) is 0 Å². The van der Waals surface area contributed by atoms with Gasteiger partial charge in [0.1, 0.15) is 5.69 Å². The average Bonchev–Trinajstić information content (AvgIpc) is 2.70. The van der Waals surface area contributed by atoms with Crippen molar-refractivity contribution in [3.63, 3.8) is 0 Å². The van der Waals surface area contributed by atoms with Gasteiger partial charge < -0.3 is 14.7 Å². The Morgan fingerprint density at radius 3 is 2.48 bits per heavy atom. The number of piperazine rings is 1. The third-order valence-corrected chi connectivity index (χ3v) is 5.89. The number of nitrogens with zero attached hydrogens (tertiary/aromatic N) is 5. The van der Waals surface area contributed by atoms with E-state index in [1.807, 2.05) is 16.7 Å². The van der Waals surface area contributed by atoms with E-state index in [0.29, 0.717) is 18.2 Å². The van der Waals surface area contributed by atoms with Crippen LogP contribution in [0.4, 0.5) is 11.6 Å². The minimum absolute atomic E-state index is 0.0155. The molecule has 0 bridgehead atoms. The minimum atomic E-state index is -0.0155. The Labute approximate surface area is 182 Å². The highest BCUT2D eigenvalue weighted by molar-refractivity contribution is 9.10. The molecule has 1 fully saturated rings. The molecule has 0 radical (unpaired) electrons. The summed E-state index contributed by atoms with van der Waals surface area (Å²) in [5, 5.41) is 0. The van der Waals surface area contributed by atoms with E-state index in [9.17, 15) is 4.79 Å². The molecule has 1 amide bonds. The van der Waals surface area contributed by atoms with Crippen LogP contribution in [0.15, 0.2) is 28.7 Å². The van der Waals surface area contributed by atoms with Crippen molar-refractivity contribution in [2.75, 3.05) is 44.7 Å². The summed E-state index contributed by atoms with van der Waals surface area (Å²) in [5.74, 6) is 0.548. The van der Waals surface area contributed by atoms with Crippen LogP contribution >= 0.6 is 15.9 Å². The minimum Gasteiger partial charge on any atom is -0.335 e. The highest BCUT2D eigenvalue weighted by atomic mass is 79.9. The van der Waals surface area contributed by atoms with E-state index in [0.717, 1.165) is 54.9 Å². The standard InChI is InChI=1S/C22H30BrN5O/c1-5-7-17-8-9-20(18(23)15-17)28(6-2)22-24-16(3)14-19(25-22)21(29)27-12-10-26(4)11-13-27/h8-9,14-15H,5-7,10-13H2,1-4H3. The van der Waals surface area contributed by atoms with Crippen molar-refractivity contribution in [3.8, 4) is 0 Å². The van der Waals surface area contributed by atoms with Crippen LogP contribution in [0, 0.1) is 6.92 Å². The summed E-state index contributed by atoms with van der Waals surface area (Å²) in [4.78, 5) is 28.5. The van der Waals surface area contributed by atoms with Crippen molar-refractivity contribution in [2.45, 2.75) is 33.6 Å². The molecular weight excluding hydrogens is 430 g/mol. The van der Waals surface area contributed by atoms with Crippen molar-refractivity contribution in [1.29, 1.82) is 0 Å². The molecule has 1 aromatic heterocycles. The summed E-state index contributed by atoms with van der Waals surface area (Å²) in [7, 11) is 2.08. The summed E-state index contributed by atoms with van der Waals surface area (Å²) in [6.07, 6.45) is 2.16. The Morgan fingerprint density at radius 2 is 1.86 bits per heavy atom. The van der Waals surface area contributed by atoms with Gasteiger partial charge in [0.2, 0.25) is 5.95 Å². The number of amides is 1. The molecule has 0 spiro atoms. The van der Waals surface area contributed by atoms with E-state index >= 15 is 0 Å². The molecule has 1 saturated heterocycles. The van der Waals surface area contributed by atoms with Crippen molar-refractivity contribution >= 4 is 33.5 Å². The smallest absolute Gasteiger partial charge is 0.272 e. The molecule has 1 aliphatic rings. The number of likely N-dealkylation sites (N-methyl/N-ethyl adjacent to an activating group) is 1. The van der Waals surface area contributed by atoms with Gasteiger partial charge in [0, 0.05) is 42.9 Å². The predicted octanol–water partition coefficient (Wildman–Crippen LogP) is 4.05. The maximum absolute atomic E-state index is 13.0. The van der Waals surface area contributed by atoms with E-state index in [1.54, 1.807) is 6.07 Å². The largest absolute Gasteiger partial charge is 0.335 e. The third-order valence-electron chi connectivity index (χ3n) is 5.25. The van der Waals surface area contributed by atoms with Crippen LogP contribution in [0.25, 0.3) is 0 Å². The number of carbonyl (C=O) groups excluding carboxylic acids is 1. The molecule has 3 rings (SSSR count). The van der Waals surface area contributed by atoms with Crippen LogP contribution < -0.4 is 4.90 Å². The number of aromatic nitrogens is 2. The SMILES string of the molecule is CCCc1ccc(N(CC)c2nc(C)cc(C(=O)N3CCN(C)CC3)n2)c(Br)c1. The fraction of sp³-hybridized carbons (Fsp3) is 0.500. The average molecular weight is 460 g/mol. The van der Waals surface area contributed by atoms with Crippen LogP contribution in [0.1, 0.15) is 42.0 Å². The first-order chi connectivity index (χ1) is 13.9. The van der Waals surface area contributed by atoms with Crippen LogP contribution in [-0.2, 0) is 6.42 Å².